The molecule has 0 aromatic rings. The van der Waals surface area contributed by atoms with Gasteiger partial charge >= 0.3 is 0 Å². The SMILES string of the molecule is CC(C)CN1CCC(C(=O)NCC(C)(C)C(O)C(C)C)C1. The van der Waals surface area contributed by atoms with Gasteiger partial charge in [-0.3, -0.25) is 4.79 Å². The third-order valence-electron chi connectivity index (χ3n) is 4.42. The third-order valence-corrected chi connectivity index (χ3v) is 4.42. The van der Waals surface area contributed by atoms with Crippen molar-refractivity contribution in [2.75, 3.05) is 26.2 Å². The fraction of sp³-hybridized carbons (Fsp3) is 0.941. The van der Waals surface area contributed by atoms with Crippen molar-refractivity contribution in [2.24, 2.45) is 23.2 Å². The zero-order chi connectivity index (χ0) is 16.2. The van der Waals surface area contributed by atoms with Gasteiger partial charge < -0.3 is 15.3 Å². The average molecular weight is 298 g/mol. The number of hydrogen-bond acceptors (Lipinski definition) is 3. The molecule has 0 bridgehead atoms. The lowest BCUT2D eigenvalue weighted by atomic mass is 9.80. The smallest absolute Gasteiger partial charge is 0.224 e. The highest BCUT2D eigenvalue weighted by Gasteiger charge is 2.33. The van der Waals surface area contributed by atoms with Gasteiger partial charge in [0, 0.05) is 25.0 Å². The highest BCUT2D eigenvalue weighted by Crippen LogP contribution is 2.25. The summed E-state index contributed by atoms with van der Waals surface area (Å²) in [4.78, 5) is 14.7. The van der Waals surface area contributed by atoms with Gasteiger partial charge in [0.2, 0.25) is 5.91 Å². The number of aliphatic hydroxyl groups excluding tert-OH is 1. The fourth-order valence-electron chi connectivity index (χ4n) is 3.20. The Morgan fingerprint density at radius 2 is 1.95 bits per heavy atom. The number of likely N-dealkylation sites (tertiary alicyclic amines) is 1. The zero-order valence-electron chi connectivity index (χ0n) is 14.6. The number of amides is 1. The van der Waals surface area contributed by atoms with Gasteiger partial charge in [-0.2, -0.15) is 0 Å². The van der Waals surface area contributed by atoms with Gasteiger partial charge in [0.15, 0.2) is 0 Å². The molecule has 2 N–H and O–H groups in total. The van der Waals surface area contributed by atoms with Crippen LogP contribution in [0.4, 0.5) is 0 Å². The van der Waals surface area contributed by atoms with Gasteiger partial charge in [-0.1, -0.05) is 41.5 Å². The third kappa shape index (κ3) is 5.59. The molecule has 0 aromatic heterocycles. The van der Waals surface area contributed by atoms with E-state index >= 15 is 0 Å². The molecule has 2 unspecified atom stereocenters. The largest absolute Gasteiger partial charge is 0.392 e. The van der Waals surface area contributed by atoms with E-state index in [1.54, 1.807) is 0 Å². The molecule has 2 atom stereocenters. The van der Waals surface area contributed by atoms with E-state index in [9.17, 15) is 9.90 Å². The molecule has 1 rings (SSSR count). The molecule has 4 nitrogen and oxygen atoms in total. The van der Waals surface area contributed by atoms with Crippen LogP contribution in [0.1, 0.15) is 48.0 Å². The summed E-state index contributed by atoms with van der Waals surface area (Å²) in [5, 5.41) is 13.3. The lowest BCUT2D eigenvalue weighted by Gasteiger charge is -2.33. The van der Waals surface area contributed by atoms with Crippen LogP contribution in [0, 0.1) is 23.2 Å². The Balaban J connectivity index is 2.41. The molecule has 0 spiro atoms. The summed E-state index contributed by atoms with van der Waals surface area (Å²) in [6, 6.07) is 0. The van der Waals surface area contributed by atoms with Crippen molar-refractivity contribution in [1.29, 1.82) is 0 Å². The lowest BCUT2D eigenvalue weighted by Crippen LogP contribution is -2.45. The van der Waals surface area contributed by atoms with E-state index in [4.69, 9.17) is 0 Å². The molecule has 1 heterocycles. The van der Waals surface area contributed by atoms with Crippen molar-refractivity contribution in [3.8, 4) is 0 Å². The van der Waals surface area contributed by atoms with Crippen molar-refractivity contribution >= 4 is 5.91 Å². The second-order valence-electron chi connectivity index (χ2n) is 8.03. The van der Waals surface area contributed by atoms with E-state index in [1.165, 1.54) is 0 Å². The van der Waals surface area contributed by atoms with E-state index < -0.39 is 6.10 Å². The summed E-state index contributed by atoms with van der Waals surface area (Å²) in [5.74, 6) is 1.10. The maximum absolute atomic E-state index is 12.3. The molecular formula is C17H34N2O2. The Kier molecular flexibility index (Phi) is 6.67. The zero-order valence-corrected chi connectivity index (χ0v) is 14.6. The quantitative estimate of drug-likeness (QED) is 0.757. The molecule has 0 aliphatic carbocycles. The summed E-state index contributed by atoms with van der Waals surface area (Å²) < 4.78 is 0. The molecule has 0 radical (unpaired) electrons. The fourth-order valence-corrected chi connectivity index (χ4v) is 3.20. The summed E-state index contributed by atoms with van der Waals surface area (Å²) in [6.45, 7) is 16.0. The van der Waals surface area contributed by atoms with E-state index in [0.29, 0.717) is 12.5 Å². The van der Waals surface area contributed by atoms with Gasteiger partial charge in [0.05, 0.1) is 12.0 Å². The first-order chi connectivity index (χ1) is 9.63. The highest BCUT2D eigenvalue weighted by atomic mass is 16.3. The number of aliphatic hydroxyl groups is 1. The summed E-state index contributed by atoms with van der Waals surface area (Å²) in [7, 11) is 0. The lowest BCUT2D eigenvalue weighted by molar-refractivity contribution is -0.125. The molecule has 0 saturated carbocycles. The summed E-state index contributed by atoms with van der Waals surface area (Å²) >= 11 is 0. The number of rotatable bonds is 7. The second-order valence-corrected chi connectivity index (χ2v) is 8.03. The Labute approximate surface area is 130 Å². The molecule has 1 aliphatic heterocycles. The van der Waals surface area contributed by atoms with E-state index in [2.05, 4.69) is 24.1 Å². The van der Waals surface area contributed by atoms with Gasteiger partial charge in [-0.15, -0.1) is 0 Å². The summed E-state index contributed by atoms with van der Waals surface area (Å²) in [6.07, 6.45) is 0.546. The van der Waals surface area contributed by atoms with Crippen LogP contribution < -0.4 is 5.32 Å². The Hall–Kier alpha value is -0.610. The Morgan fingerprint density at radius 1 is 1.33 bits per heavy atom. The van der Waals surface area contributed by atoms with Gasteiger partial charge in [0.1, 0.15) is 0 Å². The van der Waals surface area contributed by atoms with E-state index in [1.807, 2.05) is 27.7 Å². The first-order valence-electron chi connectivity index (χ1n) is 8.31. The van der Waals surface area contributed by atoms with Crippen LogP contribution in [-0.4, -0.2) is 48.2 Å². The molecular weight excluding hydrogens is 264 g/mol. The van der Waals surface area contributed by atoms with Crippen LogP contribution in [-0.2, 0) is 4.79 Å². The maximum Gasteiger partial charge on any atom is 0.224 e. The molecule has 4 heteroatoms. The first kappa shape index (κ1) is 18.4. The van der Waals surface area contributed by atoms with Gasteiger partial charge in [-0.05, 0) is 24.8 Å². The van der Waals surface area contributed by atoms with Crippen molar-refractivity contribution in [3.05, 3.63) is 0 Å². The molecule has 124 valence electrons. The second kappa shape index (κ2) is 7.59. The number of carbonyl (C=O) groups excluding carboxylic acids is 1. The molecule has 1 fully saturated rings. The normalized spacial score (nSPS) is 22.0. The molecule has 1 saturated heterocycles. The Morgan fingerprint density at radius 3 is 2.48 bits per heavy atom. The van der Waals surface area contributed by atoms with Gasteiger partial charge in [0.25, 0.3) is 0 Å². The molecule has 1 aliphatic rings. The minimum absolute atomic E-state index is 0.107. The monoisotopic (exact) mass is 298 g/mol. The van der Waals surface area contributed by atoms with Crippen molar-refractivity contribution in [2.45, 2.75) is 54.1 Å². The van der Waals surface area contributed by atoms with Crippen LogP contribution in [0.5, 0.6) is 0 Å². The number of nitrogens with zero attached hydrogens (tertiary/aromatic N) is 1. The average Bonchev–Trinajstić information content (AvgIpc) is 2.82. The van der Waals surface area contributed by atoms with Crippen LogP contribution in [0.2, 0.25) is 0 Å². The minimum Gasteiger partial charge on any atom is -0.392 e. The standard InChI is InChI=1S/C17H34N2O2/c1-12(2)9-19-8-7-14(10-19)16(21)18-11-17(5,6)15(20)13(3)4/h12-15,20H,7-11H2,1-6H3,(H,18,21). The van der Waals surface area contributed by atoms with Crippen LogP contribution in [0.15, 0.2) is 0 Å². The molecule has 0 aromatic carbocycles. The maximum atomic E-state index is 12.3. The topological polar surface area (TPSA) is 52.6 Å². The number of nitrogens with one attached hydrogen (secondary N) is 1. The predicted octanol–water partition coefficient (Wildman–Crippen LogP) is 2.12. The van der Waals surface area contributed by atoms with Crippen LogP contribution in [0.3, 0.4) is 0 Å². The number of hydrogen-bond donors (Lipinski definition) is 2. The number of carbonyl (C=O) groups is 1. The van der Waals surface area contributed by atoms with Gasteiger partial charge in [-0.25, -0.2) is 0 Å². The first-order valence-corrected chi connectivity index (χ1v) is 8.31. The van der Waals surface area contributed by atoms with Crippen molar-refractivity contribution in [3.63, 3.8) is 0 Å². The summed E-state index contributed by atoms with van der Waals surface area (Å²) in [5.41, 5.74) is -0.292. The predicted molar refractivity (Wildman–Crippen MR) is 87.0 cm³/mol. The molecule has 1 amide bonds. The highest BCUT2D eigenvalue weighted by molar-refractivity contribution is 5.79. The molecule has 21 heavy (non-hydrogen) atoms. The van der Waals surface area contributed by atoms with Crippen LogP contribution in [0.25, 0.3) is 0 Å². The van der Waals surface area contributed by atoms with Crippen molar-refractivity contribution in [1.82, 2.24) is 10.2 Å². The van der Waals surface area contributed by atoms with E-state index in [-0.39, 0.29) is 23.2 Å². The van der Waals surface area contributed by atoms with Crippen LogP contribution >= 0.6 is 0 Å². The Bertz CT molecular complexity index is 340. The van der Waals surface area contributed by atoms with Crippen molar-refractivity contribution < 1.29 is 9.90 Å². The van der Waals surface area contributed by atoms with E-state index in [0.717, 1.165) is 26.1 Å². The minimum atomic E-state index is -0.404.